The van der Waals surface area contributed by atoms with Gasteiger partial charge in [-0.25, -0.2) is 4.98 Å². The second kappa shape index (κ2) is 7.17. The molecule has 1 aromatic carbocycles. The first-order valence-electron chi connectivity index (χ1n) is 8.28. The van der Waals surface area contributed by atoms with Crippen molar-refractivity contribution in [3.63, 3.8) is 0 Å². The summed E-state index contributed by atoms with van der Waals surface area (Å²) in [7, 11) is 0. The molecule has 2 aromatic heterocycles. The van der Waals surface area contributed by atoms with E-state index < -0.39 is 12.1 Å². The zero-order valence-electron chi connectivity index (χ0n) is 14.1. The Morgan fingerprint density at radius 3 is 2.46 bits per heavy atom. The van der Waals surface area contributed by atoms with Gasteiger partial charge in [-0.05, 0) is 19.3 Å². The third-order valence-corrected chi connectivity index (χ3v) is 4.77. The van der Waals surface area contributed by atoms with E-state index in [1.807, 2.05) is 0 Å². The molecule has 0 aliphatic heterocycles. The molecule has 1 fully saturated rings. The number of imidazole rings is 1. The molecule has 0 bridgehead atoms. The van der Waals surface area contributed by atoms with Gasteiger partial charge in [0.1, 0.15) is 11.3 Å². The molecule has 2 heterocycles. The molecule has 148 valence electrons. The lowest BCUT2D eigenvalue weighted by Gasteiger charge is -2.26. The fourth-order valence-electron chi connectivity index (χ4n) is 2.65. The van der Waals surface area contributed by atoms with Crippen molar-refractivity contribution in [1.82, 2.24) is 19.9 Å². The van der Waals surface area contributed by atoms with Crippen molar-refractivity contribution in [3.05, 3.63) is 28.4 Å². The van der Waals surface area contributed by atoms with E-state index in [1.54, 1.807) is 6.20 Å². The van der Waals surface area contributed by atoms with E-state index in [0.29, 0.717) is 23.2 Å². The molecule has 0 spiro atoms. The topological polar surface area (TPSA) is 87.8 Å². The third kappa shape index (κ3) is 4.17. The molecule has 0 unspecified atom stereocenters. The average Bonchev–Trinajstić information content (AvgIpc) is 2.94. The highest BCUT2D eigenvalue weighted by atomic mass is 35.5. The van der Waals surface area contributed by atoms with Crippen molar-refractivity contribution in [1.29, 1.82) is 0 Å². The number of H-pyrrole nitrogens is 1. The van der Waals surface area contributed by atoms with E-state index in [1.165, 1.54) is 6.42 Å². The number of rotatable bonds is 5. The summed E-state index contributed by atoms with van der Waals surface area (Å²) < 4.78 is 40.9. The maximum atomic E-state index is 12.4. The number of hydrogen-bond donors (Lipinski definition) is 3. The van der Waals surface area contributed by atoms with Gasteiger partial charge in [-0.15, -0.1) is 13.2 Å². The summed E-state index contributed by atoms with van der Waals surface area (Å²) >= 11 is 12.1. The number of nitrogens with one attached hydrogen (secondary N) is 3. The Morgan fingerprint density at radius 1 is 1.14 bits per heavy atom. The molecule has 1 saturated carbocycles. The third-order valence-electron chi connectivity index (χ3n) is 4.17. The van der Waals surface area contributed by atoms with Gasteiger partial charge in [-0.2, -0.15) is 9.97 Å². The van der Waals surface area contributed by atoms with Crippen LogP contribution in [0.15, 0.2) is 18.3 Å². The van der Waals surface area contributed by atoms with Crippen molar-refractivity contribution in [3.8, 4) is 5.75 Å². The Balaban J connectivity index is 1.55. The zero-order chi connectivity index (χ0) is 19.9. The second-order valence-electron chi connectivity index (χ2n) is 6.22. The van der Waals surface area contributed by atoms with Gasteiger partial charge >= 0.3 is 6.36 Å². The SMILES string of the molecule is FC(F)(F)Oc1cc(Cl)c(Nc2nc3nc(NC4CCC4)ncc3[nH]2)c(Cl)c1. The van der Waals surface area contributed by atoms with Crippen molar-refractivity contribution in [2.24, 2.45) is 0 Å². The Kier molecular flexibility index (Phi) is 4.84. The van der Waals surface area contributed by atoms with Crippen molar-refractivity contribution in [2.45, 2.75) is 31.7 Å². The standard InChI is InChI=1S/C16H13Cl2F3N6O/c17-9-4-8(28-16(19,20)21)5-10(18)12(9)25-15-24-11-6-22-14(26-13(11)27-15)23-7-2-1-3-7/h4-7H,1-3H2,(H3,22,23,24,25,26,27). The van der Waals surface area contributed by atoms with E-state index in [9.17, 15) is 13.2 Å². The van der Waals surface area contributed by atoms with Gasteiger partial charge in [0.15, 0.2) is 5.65 Å². The van der Waals surface area contributed by atoms with Crippen LogP contribution in [0.4, 0.5) is 30.8 Å². The highest BCUT2D eigenvalue weighted by Gasteiger charge is 2.31. The molecule has 28 heavy (non-hydrogen) atoms. The molecule has 0 amide bonds. The first-order valence-corrected chi connectivity index (χ1v) is 9.03. The van der Waals surface area contributed by atoms with Gasteiger partial charge in [0.05, 0.1) is 21.9 Å². The maximum Gasteiger partial charge on any atom is 0.573 e. The van der Waals surface area contributed by atoms with Crippen LogP contribution < -0.4 is 15.4 Å². The first-order chi connectivity index (χ1) is 13.3. The lowest BCUT2D eigenvalue weighted by atomic mass is 9.93. The summed E-state index contributed by atoms with van der Waals surface area (Å²) in [5, 5.41) is 5.95. The summed E-state index contributed by atoms with van der Waals surface area (Å²) in [6, 6.07) is 2.39. The summed E-state index contributed by atoms with van der Waals surface area (Å²) in [6.45, 7) is 0. The van der Waals surface area contributed by atoms with Crippen LogP contribution in [-0.4, -0.2) is 32.3 Å². The predicted molar refractivity (Wildman–Crippen MR) is 99.4 cm³/mol. The van der Waals surface area contributed by atoms with Gasteiger partial charge in [0, 0.05) is 18.2 Å². The highest BCUT2D eigenvalue weighted by molar-refractivity contribution is 6.39. The summed E-state index contributed by atoms with van der Waals surface area (Å²) in [5.41, 5.74) is 1.17. The van der Waals surface area contributed by atoms with E-state index in [2.05, 4.69) is 35.3 Å². The van der Waals surface area contributed by atoms with Crippen LogP contribution in [0.3, 0.4) is 0 Å². The molecule has 4 rings (SSSR count). The molecular formula is C16H13Cl2F3N6O. The molecule has 3 aromatic rings. The van der Waals surface area contributed by atoms with E-state index in [4.69, 9.17) is 23.2 Å². The largest absolute Gasteiger partial charge is 0.573 e. The quantitative estimate of drug-likeness (QED) is 0.509. The minimum atomic E-state index is -4.84. The molecule has 3 N–H and O–H groups in total. The second-order valence-corrected chi connectivity index (χ2v) is 7.04. The highest BCUT2D eigenvalue weighted by Crippen LogP contribution is 2.38. The normalized spacial score (nSPS) is 14.8. The van der Waals surface area contributed by atoms with Crippen LogP contribution in [0.5, 0.6) is 5.75 Å². The van der Waals surface area contributed by atoms with Crippen molar-refractivity contribution in [2.75, 3.05) is 10.6 Å². The lowest BCUT2D eigenvalue weighted by Crippen LogP contribution is -2.27. The lowest BCUT2D eigenvalue weighted by molar-refractivity contribution is -0.274. The van der Waals surface area contributed by atoms with Gasteiger partial charge in [-0.3, -0.25) is 0 Å². The monoisotopic (exact) mass is 432 g/mol. The maximum absolute atomic E-state index is 12.4. The smallest absolute Gasteiger partial charge is 0.406 e. The molecule has 1 aliphatic rings. The molecular weight excluding hydrogens is 420 g/mol. The number of hydrogen-bond acceptors (Lipinski definition) is 6. The van der Waals surface area contributed by atoms with Crippen LogP contribution >= 0.6 is 23.2 Å². The van der Waals surface area contributed by atoms with Crippen LogP contribution in [0.2, 0.25) is 10.0 Å². The number of anilines is 3. The van der Waals surface area contributed by atoms with E-state index in [-0.39, 0.29) is 21.7 Å². The average molecular weight is 433 g/mol. The number of fused-ring (bicyclic) bond motifs is 1. The fraction of sp³-hybridized carbons (Fsp3) is 0.312. The molecule has 0 saturated heterocycles. The van der Waals surface area contributed by atoms with Crippen LogP contribution in [0, 0.1) is 0 Å². The molecule has 0 radical (unpaired) electrons. The number of alkyl halides is 3. The number of benzene rings is 1. The van der Waals surface area contributed by atoms with Gasteiger partial charge in [-0.1, -0.05) is 23.2 Å². The Bertz CT molecular complexity index is 998. The number of aromatic amines is 1. The molecule has 7 nitrogen and oxygen atoms in total. The summed E-state index contributed by atoms with van der Waals surface area (Å²) in [6.07, 6.45) is 0.0968. The molecule has 0 atom stereocenters. The van der Waals surface area contributed by atoms with Crippen LogP contribution in [0.1, 0.15) is 19.3 Å². The molecule has 12 heteroatoms. The van der Waals surface area contributed by atoms with Gasteiger partial charge in [0.2, 0.25) is 11.9 Å². The first kappa shape index (κ1) is 18.9. The van der Waals surface area contributed by atoms with Crippen LogP contribution in [0.25, 0.3) is 11.2 Å². The number of halogens is 5. The number of aromatic nitrogens is 4. The van der Waals surface area contributed by atoms with E-state index in [0.717, 1.165) is 25.0 Å². The minimum absolute atomic E-state index is 0.0642. The number of nitrogens with zero attached hydrogens (tertiary/aromatic N) is 3. The Morgan fingerprint density at radius 2 is 1.86 bits per heavy atom. The number of ether oxygens (including phenoxy) is 1. The van der Waals surface area contributed by atoms with Crippen LogP contribution in [-0.2, 0) is 0 Å². The van der Waals surface area contributed by atoms with Crippen molar-refractivity contribution >= 4 is 51.9 Å². The molecule has 1 aliphatic carbocycles. The fourth-order valence-corrected chi connectivity index (χ4v) is 3.21. The Labute approximate surface area is 166 Å². The van der Waals surface area contributed by atoms with Crippen molar-refractivity contribution < 1.29 is 17.9 Å². The predicted octanol–water partition coefficient (Wildman–Crippen LogP) is 5.27. The Hall–Kier alpha value is -2.46. The summed E-state index contributed by atoms with van der Waals surface area (Å²) in [5.74, 6) is 0.230. The van der Waals surface area contributed by atoms with E-state index >= 15 is 0 Å². The van der Waals surface area contributed by atoms with Gasteiger partial charge in [0.25, 0.3) is 0 Å². The zero-order valence-corrected chi connectivity index (χ0v) is 15.6. The summed E-state index contributed by atoms with van der Waals surface area (Å²) in [4.78, 5) is 15.8. The van der Waals surface area contributed by atoms with Gasteiger partial charge < -0.3 is 20.4 Å². The minimum Gasteiger partial charge on any atom is -0.406 e.